The lowest BCUT2D eigenvalue weighted by atomic mass is 10.0. The molecule has 24 heteroatoms. The minimum absolute atomic E-state index is 0.0458. The maximum Gasteiger partial charge on any atom is 0.350 e. The molecule has 0 spiro atoms. The highest BCUT2D eigenvalue weighted by Gasteiger charge is 2.22. The molecule has 6 heterocycles. The summed E-state index contributed by atoms with van der Waals surface area (Å²) in [4.78, 5) is 57.8. The van der Waals surface area contributed by atoms with E-state index in [0.717, 1.165) is 62.4 Å². The van der Waals surface area contributed by atoms with Crippen molar-refractivity contribution in [3.05, 3.63) is 230 Å². The molecule has 0 saturated heterocycles. The molecule has 6 amide bonds. The lowest BCUT2D eigenvalue weighted by Crippen LogP contribution is -2.31. The van der Waals surface area contributed by atoms with E-state index in [1.54, 1.807) is 96.2 Å². The van der Waals surface area contributed by atoms with E-state index in [2.05, 4.69) is 66.8 Å². The number of carbonyl (C=O) groups is 3. The molecule has 474 valence electrons. The van der Waals surface area contributed by atoms with Crippen LogP contribution in [0.15, 0.2) is 207 Å². The summed E-state index contributed by atoms with van der Waals surface area (Å²) in [6.45, 7) is 13.9. The normalized spacial score (nSPS) is 10.7. The van der Waals surface area contributed by atoms with Gasteiger partial charge in [0.15, 0.2) is 5.82 Å². The molecule has 6 aromatic heterocycles. The minimum Gasteiger partial charge on any atom is -0.368 e. The third kappa shape index (κ3) is 16.3. The molecule has 10 N–H and O–H groups in total. The maximum absolute atomic E-state index is 15.5. The van der Waals surface area contributed by atoms with Crippen LogP contribution in [0.5, 0.6) is 0 Å². The second-order valence-corrected chi connectivity index (χ2v) is 21.4. The monoisotopic (exact) mass is 1260 g/mol. The van der Waals surface area contributed by atoms with Crippen LogP contribution in [0.2, 0.25) is 0 Å². The predicted octanol–water partition coefficient (Wildman–Crippen LogP) is 14.6. The van der Waals surface area contributed by atoms with Gasteiger partial charge in [0.2, 0.25) is 11.9 Å². The third-order valence-corrected chi connectivity index (χ3v) is 14.5. The number of nitrogens with two attached hydrogens (primary N) is 2. The summed E-state index contributed by atoms with van der Waals surface area (Å²) < 4.78 is 20.8. The number of rotatable bonds is 15. The van der Waals surface area contributed by atoms with Gasteiger partial charge in [-0.25, -0.2) is 38.7 Å². The van der Waals surface area contributed by atoms with Crippen molar-refractivity contribution in [1.29, 1.82) is 0 Å². The molecule has 12 rings (SSSR count). The standard InChI is InChI=1S/C24H23N5O2.C23H22FN7O.C23H23N7O/c1-3-28-16-22(23(27-28)18-11-13-25-14-12-18)19-5-4-6-21(15-19)29(31)24(30)26-20-9-7-17(2)8-10-20;1-3-31-13-17(21(30-31)19-11-12-26-22(25)28-19)16-5-4-6-18(20(16)24)29-23(32)27-15-9-7-14(2)8-10-15;1-3-30-14-19(21(29-30)20-11-12-25-22(24)28-20)16-5-4-6-18(13-16)27-23(31)26-17-9-7-15(2)8-10-17/h4-16,31H,3H2,1-2H3,(H,26,30);4-13H,3H2,1-2H3,(H2,25,26,28)(H2,27,29,32);4-14H,3H2,1-2H3,(H2,24,25,28)(H2,26,27,31). The number of hydrogen-bond donors (Lipinski definition) is 8. The van der Waals surface area contributed by atoms with E-state index < -0.39 is 17.9 Å². The van der Waals surface area contributed by atoms with Gasteiger partial charge in [0.05, 0.1) is 22.8 Å². The van der Waals surface area contributed by atoms with E-state index in [1.165, 1.54) is 12.3 Å². The van der Waals surface area contributed by atoms with Crippen LogP contribution in [0, 0.1) is 26.6 Å². The number of pyridine rings is 1. The number of carbonyl (C=O) groups excluding carboxylic acids is 3. The van der Waals surface area contributed by atoms with Crippen molar-refractivity contribution in [3.8, 4) is 67.4 Å². The maximum atomic E-state index is 15.5. The van der Waals surface area contributed by atoms with Crippen LogP contribution in [-0.4, -0.2) is 77.6 Å². The average Bonchev–Trinajstić information content (AvgIpc) is 1.65. The van der Waals surface area contributed by atoms with Crippen LogP contribution in [-0.2, 0) is 19.6 Å². The molecule has 0 bridgehead atoms. The SMILES string of the molecule is CCn1cc(-c2cccc(N(O)C(=O)Nc3ccc(C)cc3)c2)c(-c2ccncc2)n1.CCn1cc(-c2cccc(NC(=O)Nc3ccc(C)cc3)c2)c(-c2ccnc(N)n2)n1.CCn1cc(-c2cccc(NC(=O)Nc3ccc(C)cc3)c2F)c(-c2ccnc(N)n2)n1. The zero-order chi connectivity index (χ0) is 66.3. The number of hydroxylamine groups is 1. The van der Waals surface area contributed by atoms with Crippen molar-refractivity contribution in [1.82, 2.24) is 54.3 Å². The molecular formula is C70H68FN19O4. The second-order valence-electron chi connectivity index (χ2n) is 21.4. The number of anilines is 8. The van der Waals surface area contributed by atoms with Gasteiger partial charge in [-0.15, -0.1) is 0 Å². The predicted molar refractivity (Wildman–Crippen MR) is 366 cm³/mol. The molecule has 6 aromatic carbocycles. The molecule has 0 aliphatic carbocycles. The second kappa shape index (κ2) is 29.9. The molecule has 23 nitrogen and oxygen atoms in total. The fourth-order valence-corrected chi connectivity index (χ4v) is 9.67. The lowest BCUT2D eigenvalue weighted by molar-refractivity contribution is 0.216. The van der Waals surface area contributed by atoms with Crippen molar-refractivity contribution in [2.45, 2.75) is 61.2 Å². The first-order chi connectivity index (χ1) is 45.5. The topological polar surface area (TPSA) is 305 Å². The number of nitrogens with zero attached hydrogens (tertiary/aromatic N) is 12. The number of aryl methyl sites for hydroxylation is 6. The van der Waals surface area contributed by atoms with Gasteiger partial charge >= 0.3 is 18.1 Å². The van der Waals surface area contributed by atoms with Crippen molar-refractivity contribution < 1.29 is 24.0 Å². The van der Waals surface area contributed by atoms with Crippen molar-refractivity contribution >= 4 is 64.1 Å². The summed E-state index contributed by atoms with van der Waals surface area (Å²) >= 11 is 0. The first-order valence-corrected chi connectivity index (χ1v) is 30.0. The van der Waals surface area contributed by atoms with Gasteiger partial charge in [0.25, 0.3) is 0 Å². The van der Waals surface area contributed by atoms with E-state index in [0.29, 0.717) is 69.2 Å². The highest BCUT2D eigenvalue weighted by molar-refractivity contribution is 6.02. The molecular weight excluding hydrogens is 1190 g/mol. The molecule has 0 unspecified atom stereocenters. The summed E-state index contributed by atoms with van der Waals surface area (Å²) in [7, 11) is 0. The van der Waals surface area contributed by atoms with Crippen LogP contribution in [0.25, 0.3) is 67.4 Å². The Hall–Kier alpha value is -12.4. The van der Waals surface area contributed by atoms with Gasteiger partial charge in [-0.1, -0.05) is 89.5 Å². The molecule has 0 fully saturated rings. The van der Waals surface area contributed by atoms with Crippen LogP contribution < -0.4 is 43.1 Å². The quantitative estimate of drug-likeness (QED) is 0.0350. The van der Waals surface area contributed by atoms with E-state index in [-0.39, 0.29) is 29.2 Å². The van der Waals surface area contributed by atoms with Gasteiger partial charge in [0.1, 0.15) is 17.1 Å². The molecule has 12 aromatic rings. The summed E-state index contributed by atoms with van der Waals surface area (Å²) in [5.74, 6) is -0.286. The first-order valence-electron chi connectivity index (χ1n) is 30.0. The number of hydrogen-bond acceptors (Lipinski definition) is 14. The average molecular weight is 1260 g/mol. The fraction of sp³-hybridized carbons (Fsp3) is 0.129. The van der Waals surface area contributed by atoms with Crippen molar-refractivity contribution in [2.75, 3.05) is 43.1 Å². The summed E-state index contributed by atoms with van der Waals surface area (Å²) in [5.41, 5.74) is 26.2. The fourth-order valence-electron chi connectivity index (χ4n) is 9.67. The zero-order valence-electron chi connectivity index (χ0n) is 52.3. The summed E-state index contributed by atoms with van der Waals surface area (Å²) in [5, 5.41) is 38.6. The Labute approximate surface area is 541 Å². The van der Waals surface area contributed by atoms with E-state index >= 15 is 4.39 Å². The van der Waals surface area contributed by atoms with Crippen molar-refractivity contribution in [2.24, 2.45) is 0 Å². The zero-order valence-corrected chi connectivity index (χ0v) is 52.3. The number of urea groups is 3. The lowest BCUT2D eigenvalue weighted by Gasteiger charge is -2.17. The smallest absolute Gasteiger partial charge is 0.350 e. The Morgan fingerprint density at radius 1 is 0.468 bits per heavy atom. The molecule has 0 saturated carbocycles. The van der Waals surface area contributed by atoms with E-state index in [1.807, 2.05) is 154 Å². The van der Waals surface area contributed by atoms with Gasteiger partial charge in [-0.05, 0) is 144 Å². The van der Waals surface area contributed by atoms with Crippen LogP contribution in [0.3, 0.4) is 0 Å². The number of amides is 6. The minimum atomic E-state index is -0.639. The van der Waals surface area contributed by atoms with Crippen molar-refractivity contribution in [3.63, 3.8) is 0 Å². The molecule has 94 heavy (non-hydrogen) atoms. The molecule has 0 aliphatic rings. The number of nitrogens with one attached hydrogen (secondary N) is 5. The number of aromatic nitrogens is 11. The van der Waals surface area contributed by atoms with E-state index in [9.17, 15) is 19.6 Å². The summed E-state index contributed by atoms with van der Waals surface area (Å²) in [6, 6.07) is 47.6. The highest BCUT2D eigenvalue weighted by Crippen LogP contribution is 2.37. The highest BCUT2D eigenvalue weighted by atomic mass is 19.1. The van der Waals surface area contributed by atoms with Gasteiger partial charge in [0, 0.05) is 114 Å². The Kier molecular flexibility index (Phi) is 20.5. The number of halogens is 1. The van der Waals surface area contributed by atoms with E-state index in [4.69, 9.17) is 11.5 Å². The van der Waals surface area contributed by atoms with Crippen LogP contribution in [0.1, 0.15) is 37.5 Å². The Morgan fingerprint density at radius 2 is 0.915 bits per heavy atom. The Morgan fingerprint density at radius 3 is 1.45 bits per heavy atom. The molecule has 0 radical (unpaired) electrons. The Balaban J connectivity index is 0.000000154. The van der Waals surface area contributed by atoms with Gasteiger partial charge < -0.3 is 38.1 Å². The first kappa shape index (κ1) is 64.5. The Bertz CT molecular complexity index is 4590. The third-order valence-electron chi connectivity index (χ3n) is 14.5. The van der Waals surface area contributed by atoms with Crippen LogP contribution >= 0.6 is 0 Å². The summed E-state index contributed by atoms with van der Waals surface area (Å²) in [6.07, 6.45) is 12.2. The van der Waals surface area contributed by atoms with Crippen LogP contribution in [0.4, 0.5) is 64.8 Å². The molecule has 0 atom stereocenters. The number of benzene rings is 6. The largest absolute Gasteiger partial charge is 0.368 e. The number of nitrogen functional groups attached to an aromatic ring is 2. The molecule has 0 aliphatic heterocycles. The van der Waals surface area contributed by atoms with Gasteiger partial charge in [-0.3, -0.25) is 24.2 Å². The van der Waals surface area contributed by atoms with Gasteiger partial charge in [-0.2, -0.15) is 20.4 Å².